The number of hydrogen-bond donors (Lipinski definition) is 2. The van der Waals surface area contributed by atoms with E-state index in [9.17, 15) is 0 Å². The maximum absolute atomic E-state index is 6.49. The van der Waals surface area contributed by atoms with Gasteiger partial charge in [0.05, 0.1) is 18.4 Å². The molecule has 1 aromatic carbocycles. The average Bonchev–Trinajstić information content (AvgIpc) is 3.31. The molecule has 4 aliphatic carbocycles. The van der Waals surface area contributed by atoms with Crippen molar-refractivity contribution in [2.75, 3.05) is 24.7 Å². The number of benzene rings is 1. The number of fused-ring (bicyclic) bond motifs is 5. The summed E-state index contributed by atoms with van der Waals surface area (Å²) < 4.78 is 12.4. The van der Waals surface area contributed by atoms with E-state index in [4.69, 9.17) is 20.9 Å². The maximum Gasteiger partial charge on any atom is 0.142 e. The minimum atomic E-state index is 0.451. The summed E-state index contributed by atoms with van der Waals surface area (Å²) >= 11 is 0. The lowest BCUT2D eigenvalue weighted by Crippen LogP contribution is -2.54. The van der Waals surface area contributed by atoms with E-state index in [2.05, 4.69) is 41.5 Å². The van der Waals surface area contributed by atoms with Crippen molar-refractivity contribution in [1.82, 2.24) is 0 Å². The highest BCUT2D eigenvalue weighted by atomic mass is 16.5. The molecule has 4 N–H and O–H groups in total. The Bertz CT molecular complexity index is 1030. The summed E-state index contributed by atoms with van der Waals surface area (Å²) in [7, 11) is 0. The summed E-state index contributed by atoms with van der Waals surface area (Å²) in [5, 5.41) is 0. The van der Waals surface area contributed by atoms with Gasteiger partial charge in [-0.15, -0.1) is 0 Å². The highest BCUT2D eigenvalue weighted by molar-refractivity contribution is 5.60. The fourth-order valence-corrected chi connectivity index (χ4v) is 10.7. The van der Waals surface area contributed by atoms with Gasteiger partial charge in [-0.05, 0) is 147 Å². The molecule has 0 bridgehead atoms. The van der Waals surface area contributed by atoms with Crippen molar-refractivity contribution >= 4 is 11.4 Å². The van der Waals surface area contributed by atoms with Crippen LogP contribution in [0, 0.1) is 58.2 Å². The third-order valence-electron chi connectivity index (χ3n) is 13.8. The van der Waals surface area contributed by atoms with Crippen LogP contribution in [0.5, 0.6) is 5.75 Å². The van der Waals surface area contributed by atoms with Crippen LogP contribution in [0.1, 0.15) is 125 Å². The Balaban J connectivity index is 1.08. The molecule has 10 atom stereocenters. The van der Waals surface area contributed by atoms with E-state index in [0.717, 1.165) is 72.5 Å². The van der Waals surface area contributed by atoms with E-state index in [-0.39, 0.29) is 0 Å². The highest BCUT2D eigenvalue weighted by Crippen LogP contribution is 2.68. The third kappa shape index (κ3) is 6.50. The average molecular weight is 581 g/mol. The SMILES string of the molecule is CC(CC[C@H](C)C(C)C)C1CCC2C3CCC4CC(OCCCCOc5ccc(N)cc5N)CC[C@@]4(C)C3CC[C@]12C. The monoisotopic (exact) mass is 580 g/mol. The van der Waals surface area contributed by atoms with Gasteiger partial charge in [-0.3, -0.25) is 0 Å². The van der Waals surface area contributed by atoms with Crippen LogP contribution in [-0.4, -0.2) is 19.3 Å². The summed E-state index contributed by atoms with van der Waals surface area (Å²) in [6, 6.07) is 5.46. The lowest BCUT2D eigenvalue weighted by molar-refractivity contribution is -0.137. The van der Waals surface area contributed by atoms with Crippen LogP contribution in [0.2, 0.25) is 0 Å². The number of nitrogen functional groups attached to an aromatic ring is 2. The Kier molecular flexibility index (Phi) is 10.1. The first-order valence-electron chi connectivity index (χ1n) is 17.9. The molecule has 0 saturated heterocycles. The van der Waals surface area contributed by atoms with E-state index < -0.39 is 0 Å². The Morgan fingerprint density at radius 3 is 2.33 bits per heavy atom. The molecule has 5 rings (SSSR count). The first kappa shape index (κ1) is 32.0. The number of unbranched alkanes of at least 4 members (excludes halogenated alkanes) is 1. The molecule has 4 heteroatoms. The molecule has 7 unspecified atom stereocenters. The van der Waals surface area contributed by atoms with Crippen molar-refractivity contribution in [2.45, 2.75) is 131 Å². The largest absolute Gasteiger partial charge is 0.491 e. The Labute approximate surface area is 258 Å². The number of rotatable bonds is 12. The van der Waals surface area contributed by atoms with Crippen molar-refractivity contribution in [3.8, 4) is 5.75 Å². The van der Waals surface area contributed by atoms with Gasteiger partial charge in [0.25, 0.3) is 0 Å². The number of anilines is 2. The Morgan fingerprint density at radius 1 is 0.833 bits per heavy atom. The lowest BCUT2D eigenvalue weighted by Gasteiger charge is -2.61. The number of hydrogen-bond acceptors (Lipinski definition) is 4. The summed E-state index contributed by atoms with van der Waals surface area (Å²) in [5.74, 6) is 8.00. The molecule has 4 aliphatic rings. The Morgan fingerprint density at radius 2 is 1.57 bits per heavy atom. The van der Waals surface area contributed by atoms with Gasteiger partial charge >= 0.3 is 0 Å². The van der Waals surface area contributed by atoms with Gasteiger partial charge in [-0.2, -0.15) is 0 Å². The summed E-state index contributed by atoms with van der Waals surface area (Å²) in [6.45, 7) is 16.8. The van der Waals surface area contributed by atoms with Crippen LogP contribution in [0.3, 0.4) is 0 Å². The van der Waals surface area contributed by atoms with Gasteiger partial charge in [0.15, 0.2) is 0 Å². The molecule has 0 spiro atoms. The molecule has 0 heterocycles. The molecule has 238 valence electrons. The summed E-state index contributed by atoms with van der Waals surface area (Å²) in [6.07, 6.45) is 18.1. The van der Waals surface area contributed by atoms with Crippen LogP contribution in [0.4, 0.5) is 11.4 Å². The van der Waals surface area contributed by atoms with Gasteiger partial charge in [-0.1, -0.05) is 54.4 Å². The van der Waals surface area contributed by atoms with Crippen LogP contribution in [0.15, 0.2) is 18.2 Å². The van der Waals surface area contributed by atoms with Crippen LogP contribution < -0.4 is 16.2 Å². The second-order valence-electron chi connectivity index (χ2n) is 16.3. The number of ether oxygens (including phenoxy) is 2. The second-order valence-corrected chi connectivity index (χ2v) is 16.3. The molecule has 0 aromatic heterocycles. The third-order valence-corrected chi connectivity index (χ3v) is 13.8. The zero-order chi connectivity index (χ0) is 30.1. The van der Waals surface area contributed by atoms with E-state index in [0.29, 0.717) is 34.9 Å². The highest BCUT2D eigenvalue weighted by Gasteiger charge is 2.60. The minimum Gasteiger partial charge on any atom is -0.491 e. The molecule has 42 heavy (non-hydrogen) atoms. The van der Waals surface area contributed by atoms with Crippen molar-refractivity contribution in [1.29, 1.82) is 0 Å². The lowest BCUT2D eigenvalue weighted by atomic mass is 9.44. The normalized spacial score (nSPS) is 37.5. The molecule has 4 nitrogen and oxygen atoms in total. The van der Waals surface area contributed by atoms with Crippen LogP contribution in [0.25, 0.3) is 0 Å². The van der Waals surface area contributed by atoms with E-state index in [1.165, 1.54) is 70.6 Å². The standard InChI is InChI=1S/C38H64N2O2/c1-25(2)26(3)9-10-27(4)32-14-15-33-31-13-11-28-23-30(17-19-37(28,5)34(31)18-20-38(32,33)6)41-21-7-8-22-42-36-16-12-29(39)24-35(36)40/h12,16,24-28,30-34H,7-11,13-15,17-23,39-40H2,1-6H3/t26-,27?,28?,30?,31?,32?,33?,34?,37+,38+/m0/s1. The van der Waals surface area contributed by atoms with Crippen molar-refractivity contribution < 1.29 is 9.47 Å². The zero-order valence-electron chi connectivity index (χ0n) is 28.0. The van der Waals surface area contributed by atoms with Gasteiger partial charge in [0.2, 0.25) is 0 Å². The van der Waals surface area contributed by atoms with Crippen molar-refractivity contribution in [3.05, 3.63) is 18.2 Å². The Hall–Kier alpha value is -1.42. The van der Waals surface area contributed by atoms with Crippen LogP contribution in [-0.2, 0) is 4.74 Å². The minimum absolute atomic E-state index is 0.451. The van der Waals surface area contributed by atoms with Gasteiger partial charge < -0.3 is 20.9 Å². The molecule has 4 saturated carbocycles. The van der Waals surface area contributed by atoms with Crippen LogP contribution >= 0.6 is 0 Å². The smallest absolute Gasteiger partial charge is 0.142 e. The van der Waals surface area contributed by atoms with E-state index in [1.807, 2.05) is 12.1 Å². The predicted octanol–water partition coefficient (Wildman–Crippen LogP) is 9.76. The fourth-order valence-electron chi connectivity index (χ4n) is 10.7. The second kappa shape index (κ2) is 13.3. The molecule has 0 amide bonds. The van der Waals surface area contributed by atoms with Crippen molar-refractivity contribution in [3.63, 3.8) is 0 Å². The molecule has 0 aliphatic heterocycles. The van der Waals surface area contributed by atoms with E-state index >= 15 is 0 Å². The quantitative estimate of drug-likeness (QED) is 0.191. The van der Waals surface area contributed by atoms with Gasteiger partial charge in [-0.25, -0.2) is 0 Å². The predicted molar refractivity (Wildman–Crippen MR) is 177 cm³/mol. The molecule has 4 fully saturated rings. The molecular weight excluding hydrogens is 516 g/mol. The first-order chi connectivity index (χ1) is 20.0. The zero-order valence-corrected chi connectivity index (χ0v) is 28.0. The van der Waals surface area contributed by atoms with E-state index in [1.54, 1.807) is 6.07 Å². The fraction of sp³-hybridized carbons (Fsp3) is 0.842. The molecule has 1 aromatic rings. The molecular formula is C38H64N2O2. The topological polar surface area (TPSA) is 70.5 Å². The number of nitrogens with two attached hydrogens (primary N) is 2. The van der Waals surface area contributed by atoms with Crippen molar-refractivity contribution in [2.24, 2.45) is 58.2 Å². The van der Waals surface area contributed by atoms with Gasteiger partial charge in [0, 0.05) is 12.3 Å². The molecule has 0 radical (unpaired) electrons. The maximum atomic E-state index is 6.49. The first-order valence-corrected chi connectivity index (χ1v) is 17.9. The summed E-state index contributed by atoms with van der Waals surface area (Å²) in [4.78, 5) is 0. The van der Waals surface area contributed by atoms with Gasteiger partial charge in [0.1, 0.15) is 5.75 Å². The summed E-state index contributed by atoms with van der Waals surface area (Å²) in [5.41, 5.74) is 14.2.